The lowest BCUT2D eigenvalue weighted by Gasteiger charge is -2.26. The van der Waals surface area contributed by atoms with Crippen LogP contribution in [0.3, 0.4) is 0 Å². The van der Waals surface area contributed by atoms with E-state index in [1.165, 1.54) is 18.0 Å². The lowest BCUT2D eigenvalue weighted by molar-refractivity contribution is -0.0591. The minimum absolute atomic E-state index is 0.185. The highest BCUT2D eigenvalue weighted by Crippen LogP contribution is 2.42. The number of likely N-dealkylation sites (tertiary alicyclic amines) is 1. The Labute approximate surface area is 152 Å². The van der Waals surface area contributed by atoms with Gasteiger partial charge in [0.2, 0.25) is 5.95 Å². The zero-order chi connectivity index (χ0) is 18.1. The van der Waals surface area contributed by atoms with E-state index in [2.05, 4.69) is 27.4 Å². The standard InChI is InChI=1S/C19H22N4O3/c1-20-18-21-8-15(9-22-18)17(25)23-10-16(24)19(12-23)7-14(11-26-19)13-5-3-2-4-6-13/h2-6,8-9,14,16,24H,7,10-12H2,1H3,(H,20,21,22)/t14-,16-,19-/m1/s1. The van der Waals surface area contributed by atoms with Crippen LogP contribution in [0.15, 0.2) is 42.7 Å². The number of ether oxygens (including phenoxy) is 1. The minimum atomic E-state index is -0.697. The van der Waals surface area contributed by atoms with E-state index in [1.807, 2.05) is 18.2 Å². The molecule has 1 aromatic heterocycles. The zero-order valence-electron chi connectivity index (χ0n) is 14.6. The van der Waals surface area contributed by atoms with Crippen LogP contribution in [0, 0.1) is 0 Å². The Morgan fingerprint density at radius 1 is 1.31 bits per heavy atom. The number of anilines is 1. The van der Waals surface area contributed by atoms with E-state index in [4.69, 9.17) is 4.74 Å². The summed E-state index contributed by atoms with van der Waals surface area (Å²) in [4.78, 5) is 22.5. The number of aliphatic hydroxyl groups is 1. The summed E-state index contributed by atoms with van der Waals surface area (Å²) < 4.78 is 6.05. The van der Waals surface area contributed by atoms with Gasteiger partial charge in [-0.05, 0) is 12.0 Å². The highest BCUT2D eigenvalue weighted by molar-refractivity contribution is 5.94. The second kappa shape index (κ2) is 6.66. The quantitative estimate of drug-likeness (QED) is 0.863. The molecular formula is C19H22N4O3. The van der Waals surface area contributed by atoms with Crippen molar-refractivity contribution in [3.8, 4) is 0 Å². The largest absolute Gasteiger partial charge is 0.388 e. The fraction of sp³-hybridized carbons (Fsp3) is 0.421. The number of aliphatic hydroxyl groups excluding tert-OH is 1. The third-order valence-electron chi connectivity index (χ3n) is 5.30. The van der Waals surface area contributed by atoms with Crippen LogP contribution in [0.25, 0.3) is 0 Å². The Kier molecular flexibility index (Phi) is 4.34. The Morgan fingerprint density at radius 3 is 2.73 bits per heavy atom. The molecule has 136 valence electrons. The minimum Gasteiger partial charge on any atom is -0.388 e. The maximum absolute atomic E-state index is 12.7. The van der Waals surface area contributed by atoms with E-state index < -0.39 is 11.7 Å². The molecule has 7 heteroatoms. The predicted octanol–water partition coefficient (Wildman–Crippen LogP) is 1.28. The molecule has 0 unspecified atom stereocenters. The maximum atomic E-state index is 12.7. The second-order valence-corrected chi connectivity index (χ2v) is 6.93. The molecule has 7 nitrogen and oxygen atoms in total. The van der Waals surface area contributed by atoms with Gasteiger partial charge in [-0.3, -0.25) is 4.79 Å². The van der Waals surface area contributed by atoms with E-state index >= 15 is 0 Å². The van der Waals surface area contributed by atoms with Crippen molar-refractivity contribution >= 4 is 11.9 Å². The van der Waals surface area contributed by atoms with Crippen LogP contribution >= 0.6 is 0 Å². The Balaban J connectivity index is 1.48. The highest BCUT2D eigenvalue weighted by Gasteiger charge is 2.53. The molecule has 0 saturated carbocycles. The van der Waals surface area contributed by atoms with Crippen molar-refractivity contribution in [1.29, 1.82) is 0 Å². The van der Waals surface area contributed by atoms with E-state index in [-0.39, 0.29) is 18.4 Å². The second-order valence-electron chi connectivity index (χ2n) is 6.93. The van der Waals surface area contributed by atoms with Crippen LogP contribution < -0.4 is 5.32 Å². The molecule has 0 bridgehead atoms. The molecule has 2 fully saturated rings. The van der Waals surface area contributed by atoms with E-state index in [0.29, 0.717) is 31.1 Å². The molecule has 4 rings (SSSR count). The lowest BCUT2D eigenvalue weighted by atomic mass is 9.87. The molecule has 1 aromatic carbocycles. The molecule has 2 aliphatic heterocycles. The van der Waals surface area contributed by atoms with Crippen LogP contribution in [0.5, 0.6) is 0 Å². The summed E-state index contributed by atoms with van der Waals surface area (Å²) in [5, 5.41) is 13.5. The topological polar surface area (TPSA) is 87.6 Å². The number of amides is 1. The maximum Gasteiger partial charge on any atom is 0.257 e. The summed E-state index contributed by atoms with van der Waals surface area (Å²) >= 11 is 0. The number of carbonyl (C=O) groups excluding carboxylic acids is 1. The number of nitrogens with one attached hydrogen (secondary N) is 1. The normalized spacial score (nSPS) is 27.8. The third-order valence-corrected chi connectivity index (χ3v) is 5.30. The summed E-state index contributed by atoms with van der Waals surface area (Å²) in [7, 11) is 1.72. The first-order chi connectivity index (χ1) is 12.6. The molecule has 2 aliphatic rings. The Morgan fingerprint density at radius 2 is 2.04 bits per heavy atom. The van der Waals surface area contributed by atoms with Crippen molar-refractivity contribution in [2.45, 2.75) is 24.0 Å². The third kappa shape index (κ3) is 2.93. The van der Waals surface area contributed by atoms with Crippen molar-refractivity contribution < 1.29 is 14.6 Å². The molecule has 1 amide bonds. The Hall–Kier alpha value is -2.51. The van der Waals surface area contributed by atoms with Gasteiger partial charge in [0.25, 0.3) is 5.91 Å². The smallest absolute Gasteiger partial charge is 0.257 e. The number of carbonyl (C=O) groups is 1. The Bertz CT molecular complexity index is 783. The van der Waals surface area contributed by atoms with Crippen LogP contribution in [0.1, 0.15) is 28.3 Å². The first-order valence-corrected chi connectivity index (χ1v) is 8.77. The van der Waals surface area contributed by atoms with Gasteiger partial charge in [0.05, 0.1) is 18.7 Å². The molecule has 0 aliphatic carbocycles. The number of nitrogens with zero attached hydrogens (tertiary/aromatic N) is 3. The summed E-state index contributed by atoms with van der Waals surface area (Å²) in [5.74, 6) is 0.513. The van der Waals surface area contributed by atoms with Gasteiger partial charge in [-0.1, -0.05) is 30.3 Å². The number of aromatic nitrogens is 2. The van der Waals surface area contributed by atoms with Gasteiger partial charge in [0.15, 0.2) is 0 Å². The van der Waals surface area contributed by atoms with Gasteiger partial charge in [0.1, 0.15) is 11.7 Å². The van der Waals surface area contributed by atoms with Crippen LogP contribution in [0.2, 0.25) is 0 Å². The molecule has 0 radical (unpaired) electrons. The molecule has 26 heavy (non-hydrogen) atoms. The van der Waals surface area contributed by atoms with Gasteiger partial charge < -0.3 is 20.1 Å². The van der Waals surface area contributed by atoms with E-state index in [0.717, 1.165) is 0 Å². The van der Waals surface area contributed by atoms with Crippen molar-refractivity contribution in [2.24, 2.45) is 0 Å². The average molecular weight is 354 g/mol. The van der Waals surface area contributed by atoms with Gasteiger partial charge in [-0.15, -0.1) is 0 Å². The first kappa shape index (κ1) is 16.9. The van der Waals surface area contributed by atoms with Crippen molar-refractivity contribution in [1.82, 2.24) is 14.9 Å². The van der Waals surface area contributed by atoms with Gasteiger partial charge >= 0.3 is 0 Å². The predicted molar refractivity (Wildman–Crippen MR) is 96.0 cm³/mol. The molecule has 2 saturated heterocycles. The van der Waals surface area contributed by atoms with Gasteiger partial charge in [-0.2, -0.15) is 0 Å². The van der Waals surface area contributed by atoms with Crippen LogP contribution in [-0.2, 0) is 4.74 Å². The van der Waals surface area contributed by atoms with E-state index in [9.17, 15) is 9.90 Å². The number of benzene rings is 1. The van der Waals surface area contributed by atoms with Gasteiger partial charge in [-0.25, -0.2) is 9.97 Å². The molecule has 3 atom stereocenters. The zero-order valence-corrected chi connectivity index (χ0v) is 14.6. The molecule has 3 heterocycles. The van der Waals surface area contributed by atoms with Crippen LogP contribution in [-0.4, -0.2) is 64.3 Å². The fourth-order valence-electron chi connectivity index (χ4n) is 3.86. The van der Waals surface area contributed by atoms with Crippen LogP contribution in [0.4, 0.5) is 5.95 Å². The summed E-state index contributed by atoms with van der Waals surface area (Å²) in [5.41, 5.74) is 0.922. The lowest BCUT2D eigenvalue weighted by Crippen LogP contribution is -2.41. The highest BCUT2D eigenvalue weighted by atomic mass is 16.5. The fourth-order valence-corrected chi connectivity index (χ4v) is 3.86. The number of rotatable bonds is 3. The van der Waals surface area contributed by atoms with E-state index in [1.54, 1.807) is 11.9 Å². The molecule has 2 aromatic rings. The SMILES string of the molecule is CNc1ncc(C(=O)N2C[C@@H](O)[C@@]3(C[C@@H](c4ccccc4)CO3)C2)cn1. The summed E-state index contributed by atoms with van der Waals surface area (Å²) in [6.07, 6.45) is 3.01. The van der Waals surface area contributed by atoms with Crippen molar-refractivity contribution in [3.05, 3.63) is 53.9 Å². The number of hydrogen-bond acceptors (Lipinski definition) is 6. The first-order valence-electron chi connectivity index (χ1n) is 8.77. The summed E-state index contributed by atoms with van der Waals surface area (Å²) in [6.45, 7) is 1.20. The molecular weight excluding hydrogens is 332 g/mol. The average Bonchev–Trinajstić information content (AvgIpc) is 3.26. The number of β-amino-alcohol motifs (C(OH)–C–C–N with tert-alkyl or cyclic N) is 1. The van der Waals surface area contributed by atoms with Crippen molar-refractivity contribution in [3.63, 3.8) is 0 Å². The molecule has 1 spiro atoms. The monoisotopic (exact) mass is 354 g/mol. The van der Waals surface area contributed by atoms with Crippen molar-refractivity contribution in [2.75, 3.05) is 32.1 Å². The van der Waals surface area contributed by atoms with Gasteiger partial charge in [0, 0.05) is 31.9 Å². The molecule has 2 N–H and O–H groups in total. The summed E-state index contributed by atoms with van der Waals surface area (Å²) in [6, 6.07) is 10.2. The number of hydrogen-bond donors (Lipinski definition) is 2.